The summed E-state index contributed by atoms with van der Waals surface area (Å²) in [5.74, 6) is 0.388. The summed E-state index contributed by atoms with van der Waals surface area (Å²) in [6.07, 6.45) is 2.09. The summed E-state index contributed by atoms with van der Waals surface area (Å²) in [5.41, 5.74) is 1.35. The Bertz CT molecular complexity index is 732. The van der Waals surface area contributed by atoms with Gasteiger partial charge in [0.05, 0.1) is 4.90 Å². The van der Waals surface area contributed by atoms with E-state index < -0.39 is 10.0 Å². The quantitative estimate of drug-likeness (QED) is 0.840. The van der Waals surface area contributed by atoms with Crippen LogP contribution in [0, 0.1) is 5.92 Å². The maximum absolute atomic E-state index is 12.3. The standard InChI is InChI=1S/C19H24N2O2S/c22-24(23,19-9-5-2-6-10-19)20-15-18-12-14-21(16-18)13-11-17-7-3-1-4-8-17/h1-10,18,20H,11-16H2/t18-/m0/s1. The Balaban J connectivity index is 1.45. The fourth-order valence-corrected chi connectivity index (χ4v) is 4.26. The molecule has 1 heterocycles. The Labute approximate surface area is 144 Å². The minimum atomic E-state index is -3.39. The number of hydrogen-bond donors (Lipinski definition) is 1. The highest BCUT2D eigenvalue weighted by Crippen LogP contribution is 2.17. The third-order valence-electron chi connectivity index (χ3n) is 4.55. The molecule has 0 amide bonds. The topological polar surface area (TPSA) is 49.4 Å². The van der Waals surface area contributed by atoms with E-state index in [0.29, 0.717) is 17.4 Å². The van der Waals surface area contributed by atoms with Crippen LogP contribution >= 0.6 is 0 Å². The van der Waals surface area contributed by atoms with E-state index in [4.69, 9.17) is 0 Å². The SMILES string of the molecule is O=S(=O)(NC[C@@H]1CCN(CCc2ccccc2)C1)c1ccccc1. The van der Waals surface area contributed by atoms with E-state index in [1.165, 1.54) is 5.56 Å². The zero-order valence-corrected chi connectivity index (χ0v) is 14.6. The van der Waals surface area contributed by atoms with Crippen LogP contribution in [-0.4, -0.2) is 39.5 Å². The average molecular weight is 344 g/mol. The van der Waals surface area contributed by atoms with Crippen molar-refractivity contribution in [3.05, 3.63) is 66.2 Å². The van der Waals surface area contributed by atoms with Gasteiger partial charge in [0, 0.05) is 19.6 Å². The predicted octanol–water partition coefficient (Wildman–Crippen LogP) is 2.53. The van der Waals surface area contributed by atoms with Gasteiger partial charge in [0.1, 0.15) is 0 Å². The van der Waals surface area contributed by atoms with Crippen molar-refractivity contribution >= 4 is 10.0 Å². The molecule has 0 bridgehead atoms. The highest BCUT2D eigenvalue weighted by atomic mass is 32.2. The van der Waals surface area contributed by atoms with Crippen LogP contribution in [0.3, 0.4) is 0 Å². The number of hydrogen-bond acceptors (Lipinski definition) is 3. The first-order valence-corrected chi connectivity index (χ1v) is 9.93. The molecule has 0 unspecified atom stereocenters. The summed E-state index contributed by atoms with van der Waals surface area (Å²) < 4.78 is 27.3. The van der Waals surface area contributed by atoms with Crippen molar-refractivity contribution in [1.82, 2.24) is 9.62 Å². The summed E-state index contributed by atoms with van der Waals surface area (Å²) in [6, 6.07) is 19.1. The van der Waals surface area contributed by atoms with Crippen LogP contribution < -0.4 is 4.72 Å². The molecule has 1 aliphatic heterocycles. The van der Waals surface area contributed by atoms with Gasteiger partial charge in [0.15, 0.2) is 0 Å². The van der Waals surface area contributed by atoms with Gasteiger partial charge in [-0.2, -0.15) is 0 Å². The van der Waals surface area contributed by atoms with Gasteiger partial charge in [-0.25, -0.2) is 13.1 Å². The number of benzene rings is 2. The molecule has 24 heavy (non-hydrogen) atoms. The summed E-state index contributed by atoms with van der Waals surface area (Å²) in [7, 11) is -3.39. The van der Waals surface area contributed by atoms with Gasteiger partial charge >= 0.3 is 0 Å². The fourth-order valence-electron chi connectivity index (χ4n) is 3.13. The molecule has 0 aromatic heterocycles. The Morgan fingerprint density at radius 1 is 1.00 bits per heavy atom. The molecule has 0 saturated carbocycles. The van der Waals surface area contributed by atoms with E-state index >= 15 is 0 Å². The van der Waals surface area contributed by atoms with E-state index in [2.05, 4.69) is 33.9 Å². The molecule has 2 aromatic rings. The molecule has 0 spiro atoms. The molecule has 1 N–H and O–H groups in total. The second-order valence-corrected chi connectivity index (χ2v) is 8.12. The summed E-state index contributed by atoms with van der Waals surface area (Å²) in [6.45, 7) is 3.56. The first kappa shape index (κ1) is 17.1. The highest BCUT2D eigenvalue weighted by Gasteiger charge is 2.24. The molecule has 1 fully saturated rings. The maximum atomic E-state index is 12.3. The van der Waals surface area contributed by atoms with Crippen LogP contribution in [0.5, 0.6) is 0 Å². The van der Waals surface area contributed by atoms with Crippen LogP contribution in [0.2, 0.25) is 0 Å². The van der Waals surface area contributed by atoms with E-state index in [-0.39, 0.29) is 0 Å². The normalized spacial score (nSPS) is 18.8. The Morgan fingerprint density at radius 3 is 2.38 bits per heavy atom. The molecule has 5 heteroatoms. The fraction of sp³-hybridized carbons (Fsp3) is 0.368. The van der Waals surface area contributed by atoms with Crippen molar-refractivity contribution in [2.24, 2.45) is 5.92 Å². The molecular weight excluding hydrogens is 320 g/mol. The molecule has 128 valence electrons. The minimum absolute atomic E-state index is 0.337. The van der Waals surface area contributed by atoms with E-state index in [9.17, 15) is 8.42 Å². The van der Waals surface area contributed by atoms with Gasteiger partial charge in [-0.3, -0.25) is 0 Å². The number of sulfonamides is 1. The smallest absolute Gasteiger partial charge is 0.240 e. The van der Waals surface area contributed by atoms with Gasteiger partial charge in [-0.1, -0.05) is 48.5 Å². The monoisotopic (exact) mass is 344 g/mol. The zero-order chi connectivity index (χ0) is 16.8. The molecule has 1 aliphatic rings. The first-order valence-electron chi connectivity index (χ1n) is 8.44. The Hall–Kier alpha value is -1.69. The van der Waals surface area contributed by atoms with Crippen molar-refractivity contribution in [1.29, 1.82) is 0 Å². The van der Waals surface area contributed by atoms with Gasteiger partial charge in [-0.05, 0) is 43.0 Å². The lowest BCUT2D eigenvalue weighted by Gasteiger charge is -2.16. The molecule has 1 atom stereocenters. The largest absolute Gasteiger partial charge is 0.303 e. The predicted molar refractivity (Wildman–Crippen MR) is 96.3 cm³/mol. The lowest BCUT2D eigenvalue weighted by molar-refractivity contribution is 0.328. The van der Waals surface area contributed by atoms with Crippen molar-refractivity contribution < 1.29 is 8.42 Å². The van der Waals surface area contributed by atoms with Crippen LogP contribution in [0.4, 0.5) is 0 Å². The minimum Gasteiger partial charge on any atom is -0.303 e. The Morgan fingerprint density at radius 2 is 1.67 bits per heavy atom. The van der Waals surface area contributed by atoms with Gasteiger partial charge in [0.25, 0.3) is 0 Å². The summed E-state index contributed by atoms with van der Waals surface area (Å²) in [4.78, 5) is 2.76. The third kappa shape index (κ3) is 4.66. The van der Waals surface area contributed by atoms with Gasteiger partial charge in [-0.15, -0.1) is 0 Å². The number of likely N-dealkylation sites (tertiary alicyclic amines) is 1. The average Bonchev–Trinajstić information content (AvgIpc) is 3.08. The summed E-state index contributed by atoms with van der Waals surface area (Å²) >= 11 is 0. The van der Waals surface area contributed by atoms with Crippen LogP contribution in [-0.2, 0) is 16.4 Å². The zero-order valence-electron chi connectivity index (χ0n) is 13.8. The molecule has 2 aromatic carbocycles. The molecule has 0 aliphatic carbocycles. The summed E-state index contributed by atoms with van der Waals surface area (Å²) in [5, 5.41) is 0. The molecule has 3 rings (SSSR count). The number of nitrogens with one attached hydrogen (secondary N) is 1. The third-order valence-corrected chi connectivity index (χ3v) is 5.98. The molecular formula is C19H24N2O2S. The first-order chi connectivity index (χ1) is 11.6. The maximum Gasteiger partial charge on any atom is 0.240 e. The van der Waals surface area contributed by atoms with Crippen LogP contribution in [0.15, 0.2) is 65.6 Å². The van der Waals surface area contributed by atoms with Crippen LogP contribution in [0.25, 0.3) is 0 Å². The second kappa shape index (κ2) is 7.92. The van der Waals surface area contributed by atoms with Gasteiger partial charge < -0.3 is 4.90 Å². The molecule has 1 saturated heterocycles. The van der Waals surface area contributed by atoms with Gasteiger partial charge in [0.2, 0.25) is 10.0 Å². The number of nitrogens with zero attached hydrogens (tertiary/aromatic N) is 1. The van der Waals surface area contributed by atoms with E-state index in [1.54, 1.807) is 24.3 Å². The van der Waals surface area contributed by atoms with Crippen molar-refractivity contribution in [2.75, 3.05) is 26.2 Å². The lowest BCUT2D eigenvalue weighted by Crippen LogP contribution is -2.31. The van der Waals surface area contributed by atoms with Crippen molar-refractivity contribution in [2.45, 2.75) is 17.7 Å². The van der Waals surface area contributed by atoms with Crippen molar-refractivity contribution in [3.8, 4) is 0 Å². The lowest BCUT2D eigenvalue weighted by atomic mass is 10.1. The van der Waals surface area contributed by atoms with Crippen molar-refractivity contribution in [3.63, 3.8) is 0 Å². The van der Waals surface area contributed by atoms with E-state index in [1.807, 2.05) is 12.1 Å². The Kier molecular flexibility index (Phi) is 5.66. The highest BCUT2D eigenvalue weighted by molar-refractivity contribution is 7.89. The molecule has 0 radical (unpaired) electrons. The molecule has 4 nitrogen and oxygen atoms in total. The second-order valence-electron chi connectivity index (χ2n) is 6.36. The van der Waals surface area contributed by atoms with Crippen LogP contribution in [0.1, 0.15) is 12.0 Å². The number of rotatable bonds is 7. The van der Waals surface area contributed by atoms with E-state index in [0.717, 1.165) is 32.5 Å².